The number of carboxylic acids is 2. The minimum atomic E-state index is -1.77. The van der Waals surface area contributed by atoms with Crippen molar-refractivity contribution in [3.8, 4) is 5.88 Å². The Bertz CT molecular complexity index is 536. The van der Waals surface area contributed by atoms with Crippen LogP contribution in [0.25, 0.3) is 0 Å². The van der Waals surface area contributed by atoms with Crippen molar-refractivity contribution < 1.29 is 29.3 Å². The normalized spacial score (nSPS) is 13.8. The zero-order valence-electron chi connectivity index (χ0n) is 8.39. The highest BCUT2D eigenvalue weighted by molar-refractivity contribution is 6.04. The summed E-state index contributed by atoms with van der Waals surface area (Å²) >= 11 is 0. The number of carboxylic acid groups (broad SMARTS) is 2. The van der Waals surface area contributed by atoms with Crippen LogP contribution >= 0.6 is 0 Å². The molecular formula is C10H5NO6-2. The second-order valence-electron chi connectivity index (χ2n) is 3.33. The maximum atomic E-state index is 11.4. The number of fused-ring (bicyclic) bond motifs is 1. The lowest BCUT2D eigenvalue weighted by atomic mass is 10.0. The number of nitrogens with zero attached hydrogens (tertiary/aromatic N) is 1. The number of carbonyl (C=O) groups is 3. The molecule has 0 atom stereocenters. The third-order valence-corrected chi connectivity index (χ3v) is 2.27. The molecule has 1 aliphatic rings. The minimum absolute atomic E-state index is 0.0551. The molecule has 0 aromatic carbocycles. The molecule has 17 heavy (non-hydrogen) atoms. The van der Waals surface area contributed by atoms with Crippen LogP contribution in [0.5, 0.6) is 5.88 Å². The summed E-state index contributed by atoms with van der Waals surface area (Å²) in [5, 5.41) is 21.4. The molecular weight excluding hydrogens is 230 g/mol. The van der Waals surface area contributed by atoms with Crippen molar-refractivity contribution in [3.05, 3.63) is 22.9 Å². The molecule has 0 unspecified atom stereocenters. The summed E-state index contributed by atoms with van der Waals surface area (Å²) in [5.41, 5.74) is -1.55. The van der Waals surface area contributed by atoms with E-state index in [1.165, 1.54) is 0 Å². The summed E-state index contributed by atoms with van der Waals surface area (Å²) in [5.74, 6) is -4.05. The Morgan fingerprint density at radius 1 is 1.29 bits per heavy atom. The first-order valence-corrected chi connectivity index (χ1v) is 4.64. The standard InChI is InChI=1S/C10H7NO6/c12-6-1-2-17-8-4(6)3-5(9(13)14)7(11-8)10(15)16/h3H,1-2H2,(H,13,14)(H,15,16)/p-2. The molecule has 0 aliphatic carbocycles. The Kier molecular flexibility index (Phi) is 2.51. The molecule has 0 saturated carbocycles. The third kappa shape index (κ3) is 1.82. The molecule has 1 aromatic rings. The average molecular weight is 235 g/mol. The molecule has 1 aromatic heterocycles. The predicted octanol–water partition coefficient (Wildman–Crippen LogP) is -2.23. The number of ether oxygens (including phenoxy) is 1. The Labute approximate surface area is 94.7 Å². The number of carbonyl (C=O) groups excluding carboxylic acids is 3. The largest absolute Gasteiger partial charge is 0.545 e. The number of pyridine rings is 1. The van der Waals surface area contributed by atoms with E-state index in [-0.39, 0.29) is 30.3 Å². The first-order chi connectivity index (χ1) is 8.00. The fourth-order valence-corrected chi connectivity index (χ4v) is 1.49. The molecule has 0 saturated heterocycles. The Morgan fingerprint density at radius 2 is 2.00 bits per heavy atom. The number of aromatic carboxylic acids is 2. The van der Waals surface area contributed by atoms with E-state index in [0.29, 0.717) is 0 Å². The zero-order valence-corrected chi connectivity index (χ0v) is 8.39. The average Bonchev–Trinajstić information content (AvgIpc) is 2.27. The van der Waals surface area contributed by atoms with Crippen molar-refractivity contribution >= 4 is 17.7 Å². The molecule has 7 nitrogen and oxygen atoms in total. The molecule has 0 spiro atoms. The topological polar surface area (TPSA) is 119 Å². The molecule has 0 fully saturated rings. The molecule has 2 rings (SSSR count). The smallest absolute Gasteiger partial charge is 0.225 e. The second kappa shape index (κ2) is 3.85. The Balaban J connectivity index is 2.67. The minimum Gasteiger partial charge on any atom is -0.545 e. The quantitative estimate of drug-likeness (QED) is 0.569. The van der Waals surface area contributed by atoms with Crippen LogP contribution in [0.1, 0.15) is 37.6 Å². The van der Waals surface area contributed by atoms with Gasteiger partial charge in [-0.05, 0) is 6.07 Å². The lowest BCUT2D eigenvalue weighted by Gasteiger charge is -2.19. The molecule has 0 bridgehead atoms. The fourth-order valence-electron chi connectivity index (χ4n) is 1.49. The summed E-state index contributed by atoms with van der Waals surface area (Å²) in [6, 6.07) is 0.893. The van der Waals surface area contributed by atoms with Gasteiger partial charge >= 0.3 is 0 Å². The predicted molar refractivity (Wildman–Crippen MR) is 47.3 cm³/mol. The van der Waals surface area contributed by atoms with Crippen LogP contribution in [0.2, 0.25) is 0 Å². The van der Waals surface area contributed by atoms with Crippen molar-refractivity contribution in [1.82, 2.24) is 4.98 Å². The lowest BCUT2D eigenvalue weighted by molar-refractivity contribution is -0.260. The van der Waals surface area contributed by atoms with E-state index in [9.17, 15) is 24.6 Å². The van der Waals surface area contributed by atoms with Gasteiger partial charge in [-0.2, -0.15) is 0 Å². The van der Waals surface area contributed by atoms with Gasteiger partial charge in [-0.1, -0.05) is 0 Å². The van der Waals surface area contributed by atoms with Crippen molar-refractivity contribution in [2.75, 3.05) is 6.61 Å². The van der Waals surface area contributed by atoms with Crippen molar-refractivity contribution in [1.29, 1.82) is 0 Å². The van der Waals surface area contributed by atoms with Crippen LogP contribution < -0.4 is 14.9 Å². The van der Waals surface area contributed by atoms with Gasteiger partial charge in [0.15, 0.2) is 5.78 Å². The van der Waals surface area contributed by atoms with Gasteiger partial charge in [0.2, 0.25) is 5.88 Å². The van der Waals surface area contributed by atoms with Gasteiger partial charge in [0.05, 0.1) is 29.8 Å². The Morgan fingerprint density at radius 3 is 2.59 bits per heavy atom. The van der Waals surface area contributed by atoms with Crippen molar-refractivity contribution in [2.45, 2.75) is 6.42 Å². The number of hydrogen-bond acceptors (Lipinski definition) is 7. The van der Waals surface area contributed by atoms with Crippen molar-refractivity contribution in [3.63, 3.8) is 0 Å². The van der Waals surface area contributed by atoms with Gasteiger partial charge in [0, 0.05) is 12.0 Å². The molecule has 88 valence electrons. The van der Waals surface area contributed by atoms with Crippen LogP contribution in [0.4, 0.5) is 0 Å². The number of ketones is 1. The summed E-state index contributed by atoms with van der Waals surface area (Å²) < 4.78 is 4.98. The van der Waals surface area contributed by atoms with Gasteiger partial charge in [0.1, 0.15) is 0 Å². The van der Waals surface area contributed by atoms with Crippen LogP contribution in [-0.2, 0) is 0 Å². The van der Waals surface area contributed by atoms with Crippen LogP contribution in [0.15, 0.2) is 6.07 Å². The highest BCUT2D eigenvalue weighted by Crippen LogP contribution is 2.24. The highest BCUT2D eigenvalue weighted by Gasteiger charge is 2.23. The maximum absolute atomic E-state index is 11.4. The first kappa shape index (κ1) is 11.1. The van der Waals surface area contributed by atoms with Gasteiger partial charge in [0.25, 0.3) is 0 Å². The monoisotopic (exact) mass is 235 g/mol. The lowest BCUT2D eigenvalue weighted by Crippen LogP contribution is -2.32. The number of aromatic nitrogens is 1. The van der Waals surface area contributed by atoms with Gasteiger partial charge < -0.3 is 24.5 Å². The van der Waals surface area contributed by atoms with E-state index in [2.05, 4.69) is 4.98 Å². The van der Waals surface area contributed by atoms with Gasteiger partial charge in [-0.3, -0.25) is 4.79 Å². The summed E-state index contributed by atoms with van der Waals surface area (Å²) in [6.07, 6.45) is 0.0891. The van der Waals surface area contributed by atoms with E-state index in [0.717, 1.165) is 6.07 Å². The fraction of sp³-hybridized carbons (Fsp3) is 0.200. The van der Waals surface area contributed by atoms with Crippen LogP contribution in [0, 0.1) is 0 Å². The molecule has 2 heterocycles. The third-order valence-electron chi connectivity index (χ3n) is 2.27. The summed E-state index contributed by atoms with van der Waals surface area (Å²) in [7, 11) is 0. The van der Waals surface area contributed by atoms with E-state index in [1.807, 2.05) is 0 Å². The van der Waals surface area contributed by atoms with E-state index in [4.69, 9.17) is 4.74 Å². The second-order valence-corrected chi connectivity index (χ2v) is 3.33. The van der Waals surface area contributed by atoms with E-state index in [1.54, 1.807) is 0 Å². The van der Waals surface area contributed by atoms with Gasteiger partial charge in [-0.15, -0.1) is 0 Å². The molecule has 0 N–H and O–H groups in total. The van der Waals surface area contributed by atoms with Crippen LogP contribution in [-0.4, -0.2) is 29.3 Å². The van der Waals surface area contributed by atoms with E-state index < -0.39 is 23.2 Å². The Hall–Kier alpha value is -2.44. The first-order valence-electron chi connectivity index (χ1n) is 4.64. The van der Waals surface area contributed by atoms with Crippen LogP contribution in [0.3, 0.4) is 0 Å². The summed E-state index contributed by atoms with van der Waals surface area (Å²) in [6.45, 7) is 0.0794. The van der Waals surface area contributed by atoms with Crippen molar-refractivity contribution in [2.24, 2.45) is 0 Å². The highest BCUT2D eigenvalue weighted by atomic mass is 16.5. The zero-order chi connectivity index (χ0) is 12.6. The molecule has 7 heteroatoms. The summed E-state index contributed by atoms with van der Waals surface area (Å²) in [4.78, 5) is 36.3. The van der Waals surface area contributed by atoms with Gasteiger partial charge in [-0.25, -0.2) is 4.98 Å². The number of hydrogen-bond donors (Lipinski definition) is 0. The maximum Gasteiger partial charge on any atom is 0.225 e. The molecule has 0 radical (unpaired) electrons. The van der Waals surface area contributed by atoms with E-state index >= 15 is 0 Å². The molecule has 1 aliphatic heterocycles. The molecule has 0 amide bonds. The SMILES string of the molecule is O=C1CCOc2nc(C(=O)[O-])c(C(=O)[O-])cc21. The number of rotatable bonds is 2. The number of Topliss-reactive ketones (excluding diaryl/α,β-unsaturated/α-hetero) is 1.